The third-order valence-corrected chi connectivity index (χ3v) is 8.23. The van der Waals surface area contributed by atoms with Gasteiger partial charge in [0.1, 0.15) is 12.6 Å². The van der Waals surface area contributed by atoms with Gasteiger partial charge in [-0.3, -0.25) is 13.9 Å². The molecule has 0 heterocycles. The van der Waals surface area contributed by atoms with Crippen molar-refractivity contribution in [1.29, 1.82) is 0 Å². The summed E-state index contributed by atoms with van der Waals surface area (Å²) in [6.07, 6.45) is 1.37. The average Bonchev–Trinajstić information content (AvgIpc) is 2.87. The third-order valence-electron chi connectivity index (χ3n) is 6.20. The molecule has 3 aromatic rings. The highest BCUT2D eigenvalue weighted by Gasteiger charge is 2.32. The smallest absolute Gasteiger partial charge is 0.244 e. The Hall–Kier alpha value is -3.17. The molecule has 0 radical (unpaired) electrons. The molecule has 0 saturated carbocycles. The number of hydrogen-bond acceptors (Lipinski definition) is 4. The Morgan fingerprint density at radius 2 is 1.61 bits per heavy atom. The highest BCUT2D eigenvalue weighted by molar-refractivity contribution is 9.10. The largest absolute Gasteiger partial charge is 0.355 e. The summed E-state index contributed by atoms with van der Waals surface area (Å²) in [4.78, 5) is 28.8. The molecule has 0 fully saturated rings. The quantitative estimate of drug-likeness (QED) is 0.349. The van der Waals surface area contributed by atoms with Gasteiger partial charge in [-0.15, -0.1) is 0 Å². The lowest BCUT2D eigenvalue weighted by molar-refractivity contribution is -0.140. The topological polar surface area (TPSA) is 86.8 Å². The second-order valence-electron chi connectivity index (χ2n) is 9.31. The van der Waals surface area contributed by atoms with E-state index < -0.39 is 28.5 Å². The molecule has 0 aliphatic heterocycles. The molecule has 0 bridgehead atoms. The molecule has 1 atom stereocenters. The molecule has 9 heteroatoms. The maximum absolute atomic E-state index is 14.0. The van der Waals surface area contributed by atoms with Crippen LogP contribution in [0.15, 0.2) is 77.3 Å². The van der Waals surface area contributed by atoms with Gasteiger partial charge in [0, 0.05) is 24.0 Å². The number of halogens is 1. The Balaban J connectivity index is 2.04. The van der Waals surface area contributed by atoms with Gasteiger partial charge in [-0.05, 0) is 55.7 Å². The molecule has 0 aromatic heterocycles. The molecule has 2 amide bonds. The number of sulfonamides is 1. The fraction of sp³-hybridized carbons (Fsp3) is 0.310. The molecule has 1 unspecified atom stereocenters. The number of nitrogens with zero attached hydrogens (tertiary/aromatic N) is 2. The predicted octanol–water partition coefficient (Wildman–Crippen LogP) is 4.61. The lowest BCUT2D eigenvalue weighted by Gasteiger charge is -2.33. The van der Waals surface area contributed by atoms with Crippen LogP contribution < -0.4 is 9.62 Å². The van der Waals surface area contributed by atoms with E-state index in [0.29, 0.717) is 18.7 Å². The maximum Gasteiger partial charge on any atom is 0.244 e. The monoisotopic (exact) mass is 599 g/mol. The van der Waals surface area contributed by atoms with Gasteiger partial charge in [0.25, 0.3) is 0 Å². The van der Waals surface area contributed by atoms with E-state index in [4.69, 9.17) is 0 Å². The van der Waals surface area contributed by atoms with Crippen LogP contribution in [0.4, 0.5) is 5.69 Å². The number of benzene rings is 3. The van der Waals surface area contributed by atoms with Crippen molar-refractivity contribution in [2.24, 2.45) is 0 Å². The zero-order chi connectivity index (χ0) is 27.9. The number of anilines is 1. The van der Waals surface area contributed by atoms with E-state index in [1.807, 2.05) is 75.4 Å². The maximum atomic E-state index is 14.0. The minimum Gasteiger partial charge on any atom is -0.355 e. The van der Waals surface area contributed by atoms with Gasteiger partial charge in [-0.25, -0.2) is 8.42 Å². The summed E-state index contributed by atoms with van der Waals surface area (Å²) < 4.78 is 27.6. The van der Waals surface area contributed by atoms with Crippen molar-refractivity contribution in [2.45, 2.75) is 39.8 Å². The zero-order valence-electron chi connectivity index (χ0n) is 22.1. The Kier molecular flexibility index (Phi) is 10.1. The van der Waals surface area contributed by atoms with Crippen LogP contribution in [0, 0.1) is 13.8 Å². The fourth-order valence-corrected chi connectivity index (χ4v) is 5.22. The van der Waals surface area contributed by atoms with Crippen molar-refractivity contribution in [3.05, 3.63) is 99.5 Å². The number of amides is 2. The van der Waals surface area contributed by atoms with E-state index in [0.717, 1.165) is 37.3 Å². The highest BCUT2D eigenvalue weighted by Crippen LogP contribution is 2.25. The average molecular weight is 601 g/mol. The number of rotatable bonds is 11. The summed E-state index contributed by atoms with van der Waals surface area (Å²) in [6.45, 7) is 5.78. The summed E-state index contributed by atoms with van der Waals surface area (Å²) in [7, 11) is -3.80. The lowest BCUT2D eigenvalue weighted by Crippen LogP contribution is -2.53. The third kappa shape index (κ3) is 7.91. The molecule has 0 saturated heterocycles. The molecule has 3 aromatic carbocycles. The number of hydrogen-bond donors (Lipinski definition) is 1. The Bertz CT molecular complexity index is 1360. The summed E-state index contributed by atoms with van der Waals surface area (Å²) in [5, 5.41) is 2.86. The van der Waals surface area contributed by atoms with E-state index in [1.54, 1.807) is 18.2 Å². The van der Waals surface area contributed by atoms with Gasteiger partial charge >= 0.3 is 0 Å². The van der Waals surface area contributed by atoms with E-state index in [-0.39, 0.29) is 12.5 Å². The second kappa shape index (κ2) is 13.1. The fourth-order valence-electron chi connectivity index (χ4n) is 4.13. The second-order valence-corrected chi connectivity index (χ2v) is 12.1. The predicted molar refractivity (Wildman–Crippen MR) is 155 cm³/mol. The summed E-state index contributed by atoms with van der Waals surface area (Å²) in [6, 6.07) is 21.5. The normalized spacial score (nSPS) is 12.0. The van der Waals surface area contributed by atoms with Crippen molar-refractivity contribution in [3.8, 4) is 0 Å². The van der Waals surface area contributed by atoms with Gasteiger partial charge < -0.3 is 10.2 Å². The molecule has 0 spiro atoms. The summed E-state index contributed by atoms with van der Waals surface area (Å²) in [5.41, 5.74) is 4.04. The molecular weight excluding hydrogens is 566 g/mol. The standard InChI is InChI=1S/C29H34BrN3O4S/c1-5-31-29(35)27(18-23-9-7-6-8-10-23)32(19-24-13-11-21(2)12-14-24)28(34)20-33(38(4,36)37)25-15-16-26(30)22(3)17-25/h6-17,27H,5,18-20H2,1-4H3,(H,31,35). The van der Waals surface area contributed by atoms with Crippen molar-refractivity contribution < 1.29 is 18.0 Å². The first-order valence-corrected chi connectivity index (χ1v) is 15.0. The Labute approximate surface area is 234 Å². The Morgan fingerprint density at radius 1 is 0.947 bits per heavy atom. The first kappa shape index (κ1) is 29.4. The SMILES string of the molecule is CCNC(=O)C(Cc1ccccc1)N(Cc1ccc(C)cc1)C(=O)CN(c1ccc(Br)c(C)c1)S(C)(=O)=O. The molecule has 0 aliphatic rings. The van der Waals surface area contributed by atoms with E-state index in [1.165, 1.54) is 4.90 Å². The van der Waals surface area contributed by atoms with Gasteiger partial charge in [-0.2, -0.15) is 0 Å². The molecule has 7 nitrogen and oxygen atoms in total. The van der Waals surface area contributed by atoms with Gasteiger partial charge in [0.15, 0.2) is 0 Å². The first-order valence-electron chi connectivity index (χ1n) is 12.4. The number of nitrogens with one attached hydrogen (secondary N) is 1. The first-order chi connectivity index (χ1) is 18.0. The molecule has 38 heavy (non-hydrogen) atoms. The number of carbonyl (C=O) groups is 2. The number of aryl methyl sites for hydroxylation is 2. The van der Waals surface area contributed by atoms with Crippen molar-refractivity contribution in [3.63, 3.8) is 0 Å². The van der Waals surface area contributed by atoms with Crippen LogP contribution >= 0.6 is 15.9 Å². The van der Waals surface area contributed by atoms with Crippen LogP contribution in [0.5, 0.6) is 0 Å². The van der Waals surface area contributed by atoms with E-state index >= 15 is 0 Å². The lowest BCUT2D eigenvalue weighted by atomic mass is 10.0. The van der Waals surface area contributed by atoms with Crippen molar-refractivity contribution in [2.75, 3.05) is 23.7 Å². The van der Waals surface area contributed by atoms with Crippen LogP contribution in [0.25, 0.3) is 0 Å². The molecule has 0 aliphatic carbocycles. The van der Waals surface area contributed by atoms with Crippen LogP contribution in [-0.4, -0.2) is 50.5 Å². The molecule has 202 valence electrons. The summed E-state index contributed by atoms with van der Waals surface area (Å²) in [5.74, 6) is -0.758. The van der Waals surface area contributed by atoms with Gasteiger partial charge in [-0.1, -0.05) is 76.1 Å². The van der Waals surface area contributed by atoms with Gasteiger partial charge in [0.2, 0.25) is 21.8 Å². The number of likely N-dealkylation sites (N-methyl/N-ethyl adjacent to an activating group) is 1. The molecule has 3 rings (SSSR count). The van der Waals surface area contributed by atoms with Crippen molar-refractivity contribution in [1.82, 2.24) is 10.2 Å². The van der Waals surface area contributed by atoms with Gasteiger partial charge in [0.05, 0.1) is 11.9 Å². The van der Waals surface area contributed by atoms with Crippen LogP contribution in [0.1, 0.15) is 29.2 Å². The van der Waals surface area contributed by atoms with E-state index in [2.05, 4.69) is 21.2 Å². The highest BCUT2D eigenvalue weighted by atomic mass is 79.9. The minimum absolute atomic E-state index is 0.157. The zero-order valence-corrected chi connectivity index (χ0v) is 24.6. The molecular formula is C29H34BrN3O4S. The van der Waals surface area contributed by atoms with Crippen molar-refractivity contribution >= 4 is 43.5 Å². The number of carbonyl (C=O) groups excluding carboxylic acids is 2. The van der Waals surface area contributed by atoms with Crippen LogP contribution in [0.3, 0.4) is 0 Å². The van der Waals surface area contributed by atoms with Crippen LogP contribution in [-0.2, 0) is 32.6 Å². The van der Waals surface area contributed by atoms with Crippen LogP contribution in [0.2, 0.25) is 0 Å². The minimum atomic E-state index is -3.80. The molecule has 1 N–H and O–H groups in total. The Morgan fingerprint density at radius 3 is 2.18 bits per heavy atom. The summed E-state index contributed by atoms with van der Waals surface area (Å²) >= 11 is 3.44. The van der Waals surface area contributed by atoms with E-state index in [9.17, 15) is 18.0 Å².